The van der Waals surface area contributed by atoms with Crippen LogP contribution in [0, 0.1) is 0 Å². The lowest BCUT2D eigenvalue weighted by atomic mass is 10.2. The van der Waals surface area contributed by atoms with Gasteiger partial charge in [0, 0.05) is 16.5 Å². The van der Waals surface area contributed by atoms with Gasteiger partial charge in [-0.2, -0.15) is 9.61 Å². The molecule has 5 nitrogen and oxygen atoms in total. The van der Waals surface area contributed by atoms with Gasteiger partial charge in [0.15, 0.2) is 5.65 Å². The van der Waals surface area contributed by atoms with Crippen LogP contribution in [0.1, 0.15) is 24.5 Å². The Bertz CT molecular complexity index is 810. The third-order valence-electron chi connectivity index (χ3n) is 3.49. The van der Waals surface area contributed by atoms with Gasteiger partial charge in [-0.3, -0.25) is 0 Å². The number of fused-ring (bicyclic) bond motifs is 1. The van der Waals surface area contributed by atoms with Gasteiger partial charge in [0.1, 0.15) is 5.75 Å². The molecule has 21 heavy (non-hydrogen) atoms. The van der Waals surface area contributed by atoms with Crippen LogP contribution in [0.4, 0.5) is 0 Å². The minimum absolute atomic E-state index is 0.00480. The van der Waals surface area contributed by atoms with Crippen LogP contribution in [0.15, 0.2) is 41.0 Å². The lowest BCUT2D eigenvalue weighted by Gasteiger charge is -2.12. The molecule has 0 aliphatic heterocycles. The predicted molar refractivity (Wildman–Crippen MR) is 80.8 cm³/mol. The smallest absolute Gasteiger partial charge is 0.260 e. The second-order valence-electron chi connectivity index (χ2n) is 5.08. The van der Waals surface area contributed by atoms with Crippen molar-refractivity contribution in [3.8, 4) is 17.4 Å². The summed E-state index contributed by atoms with van der Waals surface area (Å²) < 4.78 is 8.24. The molecule has 0 radical (unpaired) electrons. The van der Waals surface area contributed by atoms with E-state index in [0.717, 1.165) is 23.0 Å². The molecule has 0 bridgehead atoms. The summed E-state index contributed by atoms with van der Waals surface area (Å²) in [7, 11) is 0. The van der Waals surface area contributed by atoms with E-state index >= 15 is 0 Å². The minimum Gasteiger partial charge on any atom is -0.490 e. The van der Waals surface area contributed by atoms with Gasteiger partial charge in [-0.25, -0.2) is 4.98 Å². The first-order valence-corrected chi connectivity index (χ1v) is 7.52. The van der Waals surface area contributed by atoms with Crippen LogP contribution in [0.25, 0.3) is 5.65 Å². The van der Waals surface area contributed by atoms with Crippen LogP contribution >= 0.6 is 15.9 Å². The molecule has 2 heterocycles. The summed E-state index contributed by atoms with van der Waals surface area (Å²) in [5.41, 5.74) is 1.45. The molecule has 6 heteroatoms. The first-order chi connectivity index (χ1) is 10.2. The van der Waals surface area contributed by atoms with E-state index in [0.29, 0.717) is 23.1 Å². The van der Waals surface area contributed by atoms with Crippen molar-refractivity contribution in [3.63, 3.8) is 0 Å². The highest BCUT2D eigenvalue weighted by Gasteiger charge is 2.32. The molecule has 106 valence electrons. The Morgan fingerprint density at radius 1 is 1.19 bits per heavy atom. The van der Waals surface area contributed by atoms with Crippen molar-refractivity contribution < 1.29 is 9.84 Å². The zero-order valence-electron chi connectivity index (χ0n) is 11.0. The number of hydrogen-bond acceptors (Lipinski definition) is 4. The quantitative estimate of drug-likeness (QED) is 0.782. The standard InChI is InChI=1S/C15H12BrN3O2/c16-10-3-5-11(6-4-10)21-14-13(9-1-2-9)18-12-7-8-17-19(12)15(14)20/h3-9,20H,1-2H2. The van der Waals surface area contributed by atoms with Crippen molar-refractivity contribution in [3.05, 3.63) is 46.7 Å². The van der Waals surface area contributed by atoms with Crippen molar-refractivity contribution in [2.75, 3.05) is 0 Å². The van der Waals surface area contributed by atoms with E-state index in [1.54, 1.807) is 12.3 Å². The summed E-state index contributed by atoms with van der Waals surface area (Å²) >= 11 is 3.39. The maximum atomic E-state index is 10.4. The van der Waals surface area contributed by atoms with Crippen LogP contribution in [0.3, 0.4) is 0 Å². The van der Waals surface area contributed by atoms with Crippen LogP contribution in [0.2, 0.25) is 0 Å². The molecule has 4 rings (SSSR count). The molecule has 3 aromatic rings. The van der Waals surface area contributed by atoms with E-state index in [4.69, 9.17) is 4.74 Å². The Balaban J connectivity index is 1.83. The van der Waals surface area contributed by atoms with Gasteiger partial charge >= 0.3 is 0 Å². The summed E-state index contributed by atoms with van der Waals surface area (Å²) in [6, 6.07) is 9.24. The van der Waals surface area contributed by atoms with Crippen molar-refractivity contribution in [2.24, 2.45) is 0 Å². The molecule has 0 atom stereocenters. The van der Waals surface area contributed by atoms with E-state index in [2.05, 4.69) is 26.0 Å². The summed E-state index contributed by atoms with van der Waals surface area (Å²) in [4.78, 5) is 4.58. The van der Waals surface area contributed by atoms with Gasteiger partial charge in [-0.1, -0.05) is 15.9 Å². The van der Waals surface area contributed by atoms with E-state index in [9.17, 15) is 5.11 Å². The second kappa shape index (κ2) is 4.73. The Labute approximate surface area is 129 Å². The lowest BCUT2D eigenvalue weighted by Crippen LogP contribution is -2.01. The van der Waals surface area contributed by atoms with Crippen LogP contribution in [-0.4, -0.2) is 19.7 Å². The molecule has 1 aromatic carbocycles. The Hall–Kier alpha value is -2.08. The molecule has 1 aliphatic carbocycles. The normalized spacial score (nSPS) is 14.5. The van der Waals surface area contributed by atoms with E-state index in [1.165, 1.54) is 4.52 Å². The molecule has 0 saturated heterocycles. The van der Waals surface area contributed by atoms with Gasteiger partial charge in [0.2, 0.25) is 5.75 Å². The maximum absolute atomic E-state index is 10.4. The number of aromatic nitrogens is 3. The van der Waals surface area contributed by atoms with Gasteiger partial charge in [0.05, 0.1) is 11.9 Å². The van der Waals surface area contributed by atoms with Crippen molar-refractivity contribution in [1.29, 1.82) is 0 Å². The largest absolute Gasteiger partial charge is 0.490 e. The predicted octanol–water partition coefficient (Wildman–Crippen LogP) is 3.87. The van der Waals surface area contributed by atoms with Crippen LogP contribution in [-0.2, 0) is 0 Å². The average Bonchev–Trinajstić information content (AvgIpc) is 3.22. The number of ether oxygens (including phenoxy) is 1. The summed E-state index contributed by atoms with van der Waals surface area (Å²) in [6.45, 7) is 0. The molecule has 0 unspecified atom stereocenters. The van der Waals surface area contributed by atoms with E-state index in [1.807, 2.05) is 24.3 Å². The molecule has 1 saturated carbocycles. The fourth-order valence-corrected chi connectivity index (χ4v) is 2.55. The number of nitrogens with zero attached hydrogens (tertiary/aromatic N) is 3. The van der Waals surface area contributed by atoms with Crippen molar-refractivity contribution in [1.82, 2.24) is 14.6 Å². The fourth-order valence-electron chi connectivity index (χ4n) is 2.28. The molecule has 2 aromatic heterocycles. The topological polar surface area (TPSA) is 59.7 Å². The van der Waals surface area contributed by atoms with Crippen molar-refractivity contribution >= 4 is 21.6 Å². The molecule has 1 fully saturated rings. The highest BCUT2D eigenvalue weighted by molar-refractivity contribution is 9.10. The SMILES string of the molecule is Oc1c(Oc2ccc(Br)cc2)c(C2CC2)nc2ccnn12. The first-order valence-electron chi connectivity index (χ1n) is 6.72. The molecule has 0 amide bonds. The number of rotatable bonds is 3. The Morgan fingerprint density at radius 3 is 2.67 bits per heavy atom. The Morgan fingerprint density at radius 2 is 1.95 bits per heavy atom. The molecule has 1 aliphatic rings. The highest BCUT2D eigenvalue weighted by atomic mass is 79.9. The molecule has 0 spiro atoms. The van der Waals surface area contributed by atoms with Crippen LogP contribution in [0.5, 0.6) is 17.4 Å². The number of halogens is 1. The second-order valence-corrected chi connectivity index (χ2v) is 6.00. The monoisotopic (exact) mass is 345 g/mol. The minimum atomic E-state index is -0.00480. The molecule has 1 N–H and O–H groups in total. The maximum Gasteiger partial charge on any atom is 0.260 e. The van der Waals surface area contributed by atoms with E-state index in [-0.39, 0.29) is 5.88 Å². The summed E-state index contributed by atoms with van der Waals surface area (Å²) in [5, 5.41) is 14.5. The summed E-state index contributed by atoms with van der Waals surface area (Å²) in [6.07, 6.45) is 3.77. The van der Waals surface area contributed by atoms with Gasteiger partial charge in [0.25, 0.3) is 5.88 Å². The van der Waals surface area contributed by atoms with Gasteiger partial charge < -0.3 is 9.84 Å². The number of benzene rings is 1. The third kappa shape index (κ3) is 2.25. The molecular weight excluding hydrogens is 334 g/mol. The van der Waals surface area contributed by atoms with Gasteiger partial charge in [-0.15, -0.1) is 0 Å². The lowest BCUT2D eigenvalue weighted by molar-refractivity contribution is 0.378. The summed E-state index contributed by atoms with van der Waals surface area (Å²) in [5.74, 6) is 1.41. The van der Waals surface area contributed by atoms with Gasteiger partial charge in [-0.05, 0) is 37.1 Å². The third-order valence-corrected chi connectivity index (χ3v) is 4.02. The fraction of sp³-hybridized carbons (Fsp3) is 0.200. The number of aromatic hydroxyl groups is 1. The van der Waals surface area contributed by atoms with Crippen LogP contribution < -0.4 is 4.74 Å². The highest BCUT2D eigenvalue weighted by Crippen LogP contribution is 2.47. The zero-order valence-corrected chi connectivity index (χ0v) is 12.6. The first kappa shape index (κ1) is 12.6. The average molecular weight is 346 g/mol. The molecular formula is C15H12BrN3O2. The zero-order chi connectivity index (χ0) is 14.4. The van der Waals surface area contributed by atoms with E-state index < -0.39 is 0 Å². The van der Waals surface area contributed by atoms with Crippen molar-refractivity contribution in [2.45, 2.75) is 18.8 Å². The Kier molecular flexibility index (Phi) is 2.85. The number of hydrogen-bond donors (Lipinski definition) is 1.